The standard InChI is InChI=1S/C20H25FN4O2.HI/c1-14-4-7-16(12-18(14)21)19(26)23-10-11-24-20(22-2)25-13-15-5-8-17(27-3)9-6-15;/h4-9,12H,10-11,13H2,1-3H3,(H,23,26)(H2,22,24,25);1H. The summed E-state index contributed by atoms with van der Waals surface area (Å²) < 4.78 is 18.7. The van der Waals surface area contributed by atoms with Crippen molar-refractivity contribution in [2.24, 2.45) is 4.99 Å². The molecule has 0 saturated carbocycles. The summed E-state index contributed by atoms with van der Waals surface area (Å²) in [6.07, 6.45) is 0. The molecule has 0 saturated heterocycles. The molecule has 1 amide bonds. The molecule has 2 aromatic carbocycles. The van der Waals surface area contributed by atoms with Crippen LogP contribution in [-0.2, 0) is 6.54 Å². The number of methoxy groups -OCH3 is 1. The lowest BCUT2D eigenvalue weighted by molar-refractivity contribution is 0.0954. The quantitative estimate of drug-likeness (QED) is 0.237. The van der Waals surface area contributed by atoms with Gasteiger partial charge in [0.25, 0.3) is 5.91 Å². The van der Waals surface area contributed by atoms with E-state index in [1.54, 1.807) is 33.2 Å². The lowest BCUT2D eigenvalue weighted by atomic mass is 10.1. The summed E-state index contributed by atoms with van der Waals surface area (Å²) in [7, 11) is 3.31. The van der Waals surface area contributed by atoms with Crippen LogP contribution in [0.4, 0.5) is 4.39 Å². The van der Waals surface area contributed by atoms with Crippen molar-refractivity contribution in [3.05, 3.63) is 65.0 Å². The van der Waals surface area contributed by atoms with Gasteiger partial charge >= 0.3 is 0 Å². The van der Waals surface area contributed by atoms with Gasteiger partial charge in [0.05, 0.1) is 7.11 Å². The molecule has 0 bridgehead atoms. The Kier molecular flexibility index (Phi) is 10.3. The minimum atomic E-state index is -0.385. The number of nitrogens with one attached hydrogen (secondary N) is 3. The number of amides is 1. The molecule has 6 nitrogen and oxygen atoms in total. The van der Waals surface area contributed by atoms with Crippen molar-refractivity contribution in [2.45, 2.75) is 13.5 Å². The van der Waals surface area contributed by atoms with Gasteiger partial charge in [0.1, 0.15) is 11.6 Å². The number of aliphatic imine (C=N–C) groups is 1. The fraction of sp³-hybridized carbons (Fsp3) is 0.300. The van der Waals surface area contributed by atoms with E-state index in [1.807, 2.05) is 24.3 Å². The largest absolute Gasteiger partial charge is 0.497 e. The minimum Gasteiger partial charge on any atom is -0.497 e. The first-order valence-electron chi connectivity index (χ1n) is 8.65. The highest BCUT2D eigenvalue weighted by atomic mass is 127. The average molecular weight is 500 g/mol. The monoisotopic (exact) mass is 500 g/mol. The SMILES string of the molecule is CN=C(NCCNC(=O)c1ccc(C)c(F)c1)NCc1ccc(OC)cc1.I. The van der Waals surface area contributed by atoms with Crippen molar-refractivity contribution in [3.8, 4) is 5.75 Å². The van der Waals surface area contributed by atoms with E-state index in [0.717, 1.165) is 11.3 Å². The predicted octanol–water partition coefficient (Wildman–Crippen LogP) is 2.86. The fourth-order valence-corrected chi connectivity index (χ4v) is 2.34. The Labute approximate surface area is 182 Å². The molecule has 0 fully saturated rings. The Balaban J connectivity index is 0.00000392. The van der Waals surface area contributed by atoms with Crippen LogP contribution in [0.1, 0.15) is 21.5 Å². The second kappa shape index (κ2) is 12.2. The van der Waals surface area contributed by atoms with E-state index < -0.39 is 0 Å². The second-order valence-corrected chi connectivity index (χ2v) is 5.92. The molecule has 0 radical (unpaired) electrons. The number of rotatable bonds is 7. The molecule has 2 aromatic rings. The van der Waals surface area contributed by atoms with Gasteiger partial charge in [-0.25, -0.2) is 4.39 Å². The molecule has 28 heavy (non-hydrogen) atoms. The van der Waals surface area contributed by atoms with Gasteiger partial charge in [-0.2, -0.15) is 0 Å². The number of guanidine groups is 1. The van der Waals surface area contributed by atoms with E-state index in [1.165, 1.54) is 6.07 Å². The number of benzene rings is 2. The van der Waals surface area contributed by atoms with Gasteiger partial charge in [-0.1, -0.05) is 18.2 Å². The number of halogens is 2. The summed E-state index contributed by atoms with van der Waals surface area (Å²) in [5.74, 6) is 0.743. The third kappa shape index (κ3) is 7.34. The summed E-state index contributed by atoms with van der Waals surface area (Å²) in [5.41, 5.74) is 1.91. The van der Waals surface area contributed by atoms with Gasteiger partial charge < -0.3 is 20.7 Å². The average Bonchev–Trinajstić information content (AvgIpc) is 2.69. The van der Waals surface area contributed by atoms with Crippen LogP contribution in [0.3, 0.4) is 0 Å². The van der Waals surface area contributed by atoms with Crippen molar-refractivity contribution >= 4 is 35.8 Å². The lowest BCUT2D eigenvalue weighted by Gasteiger charge is -2.13. The molecule has 0 aliphatic carbocycles. The summed E-state index contributed by atoms with van der Waals surface area (Å²) in [5, 5.41) is 9.05. The van der Waals surface area contributed by atoms with Crippen LogP contribution >= 0.6 is 24.0 Å². The summed E-state index contributed by atoms with van der Waals surface area (Å²) in [6.45, 7) is 3.14. The Bertz CT molecular complexity index is 797. The van der Waals surface area contributed by atoms with E-state index in [4.69, 9.17) is 4.74 Å². The molecule has 0 spiro atoms. The van der Waals surface area contributed by atoms with Crippen molar-refractivity contribution in [3.63, 3.8) is 0 Å². The van der Waals surface area contributed by atoms with Crippen molar-refractivity contribution in [1.82, 2.24) is 16.0 Å². The zero-order chi connectivity index (χ0) is 19.6. The summed E-state index contributed by atoms with van der Waals surface area (Å²) in [6, 6.07) is 12.2. The highest BCUT2D eigenvalue weighted by Crippen LogP contribution is 2.11. The van der Waals surface area contributed by atoms with Crippen LogP contribution in [0.15, 0.2) is 47.5 Å². The van der Waals surface area contributed by atoms with Crippen LogP contribution in [0.2, 0.25) is 0 Å². The third-order valence-electron chi connectivity index (χ3n) is 3.98. The number of carbonyl (C=O) groups is 1. The minimum absolute atomic E-state index is 0. The van der Waals surface area contributed by atoms with Gasteiger partial charge in [0.2, 0.25) is 0 Å². The van der Waals surface area contributed by atoms with Gasteiger partial charge in [0.15, 0.2) is 5.96 Å². The molecule has 152 valence electrons. The Morgan fingerprint density at radius 2 is 1.75 bits per heavy atom. The molecular weight excluding hydrogens is 474 g/mol. The summed E-state index contributed by atoms with van der Waals surface area (Å²) in [4.78, 5) is 16.2. The van der Waals surface area contributed by atoms with Gasteiger partial charge in [-0.3, -0.25) is 9.79 Å². The molecule has 3 N–H and O–H groups in total. The van der Waals surface area contributed by atoms with Crippen molar-refractivity contribution < 1.29 is 13.9 Å². The highest BCUT2D eigenvalue weighted by Gasteiger charge is 2.07. The smallest absolute Gasteiger partial charge is 0.251 e. The Hall–Kier alpha value is -2.36. The van der Waals surface area contributed by atoms with Crippen LogP contribution in [-0.4, -0.2) is 39.1 Å². The normalized spacial score (nSPS) is 10.6. The Morgan fingerprint density at radius 3 is 2.36 bits per heavy atom. The van der Waals surface area contributed by atoms with E-state index in [-0.39, 0.29) is 35.7 Å². The molecule has 0 aliphatic rings. The maximum Gasteiger partial charge on any atom is 0.251 e. The van der Waals surface area contributed by atoms with E-state index in [0.29, 0.717) is 36.7 Å². The van der Waals surface area contributed by atoms with Crippen molar-refractivity contribution in [2.75, 3.05) is 27.2 Å². The van der Waals surface area contributed by atoms with Gasteiger partial charge in [0, 0.05) is 32.2 Å². The number of nitrogens with zero attached hydrogens (tertiary/aromatic N) is 1. The van der Waals surface area contributed by atoms with Gasteiger partial charge in [-0.05, 0) is 42.3 Å². The number of ether oxygens (including phenoxy) is 1. The van der Waals surface area contributed by atoms with E-state index >= 15 is 0 Å². The number of hydrogen-bond donors (Lipinski definition) is 3. The number of hydrogen-bond acceptors (Lipinski definition) is 3. The molecule has 0 atom stereocenters. The third-order valence-corrected chi connectivity index (χ3v) is 3.98. The maximum absolute atomic E-state index is 13.5. The molecule has 0 heterocycles. The molecule has 0 aliphatic heterocycles. The van der Waals surface area contributed by atoms with Crippen LogP contribution < -0.4 is 20.7 Å². The maximum atomic E-state index is 13.5. The predicted molar refractivity (Wildman–Crippen MR) is 120 cm³/mol. The number of aryl methyl sites for hydroxylation is 1. The van der Waals surface area contributed by atoms with E-state index in [9.17, 15) is 9.18 Å². The topological polar surface area (TPSA) is 74.8 Å². The summed E-state index contributed by atoms with van der Waals surface area (Å²) >= 11 is 0. The molecule has 0 aromatic heterocycles. The first kappa shape index (κ1) is 23.7. The van der Waals surface area contributed by atoms with E-state index in [2.05, 4.69) is 20.9 Å². The first-order valence-corrected chi connectivity index (χ1v) is 8.65. The highest BCUT2D eigenvalue weighted by molar-refractivity contribution is 14.0. The van der Waals surface area contributed by atoms with Crippen molar-refractivity contribution in [1.29, 1.82) is 0 Å². The molecule has 8 heteroatoms. The molecule has 0 unspecified atom stereocenters. The Morgan fingerprint density at radius 1 is 1.07 bits per heavy atom. The van der Waals surface area contributed by atoms with Crippen LogP contribution in [0, 0.1) is 12.7 Å². The number of carbonyl (C=O) groups excluding carboxylic acids is 1. The second-order valence-electron chi connectivity index (χ2n) is 5.92. The lowest BCUT2D eigenvalue weighted by Crippen LogP contribution is -2.41. The van der Waals surface area contributed by atoms with Crippen LogP contribution in [0.25, 0.3) is 0 Å². The fourth-order valence-electron chi connectivity index (χ4n) is 2.34. The first-order chi connectivity index (χ1) is 13.0. The molecular formula is C20H26FIN4O2. The van der Waals surface area contributed by atoms with Crippen LogP contribution in [0.5, 0.6) is 5.75 Å². The molecule has 2 rings (SSSR count). The zero-order valence-corrected chi connectivity index (χ0v) is 18.5. The van der Waals surface area contributed by atoms with Gasteiger partial charge in [-0.15, -0.1) is 24.0 Å². The zero-order valence-electron chi connectivity index (χ0n) is 16.2.